The van der Waals surface area contributed by atoms with Crippen molar-refractivity contribution < 1.29 is 18.3 Å². The van der Waals surface area contributed by atoms with Gasteiger partial charge in [-0.15, -0.1) is 11.3 Å². The third-order valence-electron chi connectivity index (χ3n) is 3.01. The first-order valence-corrected chi connectivity index (χ1v) is 6.83. The van der Waals surface area contributed by atoms with Gasteiger partial charge in [0, 0.05) is 17.8 Å². The molecule has 0 saturated carbocycles. The molecule has 21 heavy (non-hydrogen) atoms. The smallest absolute Gasteiger partial charge is 0.383 e. The summed E-state index contributed by atoms with van der Waals surface area (Å²) in [5.41, 5.74) is 1.19. The van der Waals surface area contributed by atoms with Crippen LogP contribution in [0, 0.1) is 0 Å². The number of rotatable bonds is 2. The first-order chi connectivity index (χ1) is 9.97. The maximum absolute atomic E-state index is 12.6. The highest BCUT2D eigenvalue weighted by Gasteiger charge is 2.35. The quantitative estimate of drug-likeness (QED) is 0.783. The van der Waals surface area contributed by atoms with Crippen molar-refractivity contribution in [1.29, 1.82) is 0 Å². The van der Waals surface area contributed by atoms with Gasteiger partial charge in [0.2, 0.25) is 0 Å². The first kappa shape index (κ1) is 14.0. The Bertz CT molecular complexity index is 780. The lowest BCUT2D eigenvalue weighted by atomic mass is 10.0. The van der Waals surface area contributed by atoms with Crippen LogP contribution in [-0.2, 0) is 6.18 Å². The normalized spacial score (nSPS) is 13.5. The molecule has 1 unspecified atom stereocenters. The standard InChI is InChI=1S/C14H9F3N2OS/c15-14(16,17)13-19-7-11(21-13)12(20)9-5-6-18-10-4-2-1-3-8(9)10/h1-7,12,20H. The molecule has 3 rings (SSSR count). The third kappa shape index (κ3) is 2.62. The SMILES string of the molecule is OC(c1cnc(C(F)(F)F)s1)c1ccnc2ccccc12. The Morgan fingerprint density at radius 3 is 2.57 bits per heavy atom. The zero-order valence-corrected chi connectivity index (χ0v) is 11.3. The fraction of sp³-hybridized carbons (Fsp3) is 0.143. The number of nitrogens with zero attached hydrogens (tertiary/aromatic N) is 2. The minimum Gasteiger partial charge on any atom is -0.383 e. The minimum atomic E-state index is -4.50. The van der Waals surface area contributed by atoms with Crippen LogP contribution in [0.1, 0.15) is 21.6 Å². The summed E-state index contributed by atoms with van der Waals surface area (Å²) in [6.45, 7) is 0. The van der Waals surface area contributed by atoms with E-state index >= 15 is 0 Å². The van der Waals surface area contributed by atoms with Gasteiger partial charge in [-0.1, -0.05) is 18.2 Å². The van der Waals surface area contributed by atoms with E-state index in [1.165, 1.54) is 6.20 Å². The van der Waals surface area contributed by atoms with Crippen molar-refractivity contribution >= 4 is 22.2 Å². The molecule has 2 aromatic heterocycles. The number of hydrogen-bond donors (Lipinski definition) is 1. The number of para-hydroxylation sites is 1. The van der Waals surface area contributed by atoms with Crippen LogP contribution in [0.15, 0.2) is 42.7 Å². The van der Waals surface area contributed by atoms with Gasteiger partial charge >= 0.3 is 6.18 Å². The maximum atomic E-state index is 12.6. The number of hydrogen-bond acceptors (Lipinski definition) is 4. The number of thiazole rings is 1. The molecule has 1 aromatic carbocycles. The summed E-state index contributed by atoms with van der Waals surface area (Å²) in [5.74, 6) is 0. The van der Waals surface area contributed by atoms with Crippen LogP contribution in [0.25, 0.3) is 10.9 Å². The van der Waals surface area contributed by atoms with E-state index in [-0.39, 0.29) is 4.88 Å². The molecule has 108 valence electrons. The minimum absolute atomic E-state index is 0.152. The van der Waals surface area contributed by atoms with Crippen molar-refractivity contribution in [2.75, 3.05) is 0 Å². The highest BCUT2D eigenvalue weighted by Crippen LogP contribution is 2.37. The number of halogens is 3. The lowest BCUT2D eigenvalue weighted by Crippen LogP contribution is -2.03. The maximum Gasteiger partial charge on any atom is 0.443 e. The van der Waals surface area contributed by atoms with Crippen LogP contribution in [0.3, 0.4) is 0 Å². The Hall–Kier alpha value is -1.99. The number of aliphatic hydroxyl groups is 1. The second kappa shape index (κ2) is 5.09. The van der Waals surface area contributed by atoms with E-state index in [1.807, 2.05) is 0 Å². The molecular weight excluding hydrogens is 301 g/mol. The number of fused-ring (bicyclic) bond motifs is 1. The van der Waals surface area contributed by atoms with E-state index in [1.54, 1.807) is 30.3 Å². The van der Waals surface area contributed by atoms with Gasteiger partial charge in [0.15, 0.2) is 5.01 Å². The molecular formula is C14H9F3N2OS. The summed E-state index contributed by atoms with van der Waals surface area (Å²) < 4.78 is 37.7. The first-order valence-electron chi connectivity index (χ1n) is 6.01. The molecule has 0 aliphatic heterocycles. The van der Waals surface area contributed by atoms with Crippen molar-refractivity contribution in [2.45, 2.75) is 12.3 Å². The van der Waals surface area contributed by atoms with Gasteiger partial charge in [0.25, 0.3) is 0 Å². The number of aliphatic hydroxyl groups excluding tert-OH is 1. The molecule has 0 spiro atoms. The monoisotopic (exact) mass is 310 g/mol. The molecule has 1 atom stereocenters. The van der Waals surface area contributed by atoms with Crippen molar-refractivity contribution in [1.82, 2.24) is 9.97 Å². The van der Waals surface area contributed by atoms with E-state index in [4.69, 9.17) is 0 Å². The Morgan fingerprint density at radius 1 is 1.10 bits per heavy atom. The summed E-state index contributed by atoms with van der Waals surface area (Å²) in [6, 6.07) is 8.74. The summed E-state index contributed by atoms with van der Waals surface area (Å²) >= 11 is 0.445. The molecule has 0 saturated heterocycles. The van der Waals surface area contributed by atoms with E-state index in [0.29, 0.717) is 27.8 Å². The van der Waals surface area contributed by atoms with E-state index in [9.17, 15) is 18.3 Å². The van der Waals surface area contributed by atoms with Crippen LogP contribution < -0.4 is 0 Å². The average Bonchev–Trinajstić information content (AvgIpc) is 2.96. The second-order valence-corrected chi connectivity index (χ2v) is 5.45. The second-order valence-electron chi connectivity index (χ2n) is 4.39. The van der Waals surface area contributed by atoms with Crippen molar-refractivity contribution in [2.24, 2.45) is 0 Å². The lowest BCUT2D eigenvalue weighted by molar-refractivity contribution is -0.137. The predicted octanol–water partition coefficient (Wildman–Crippen LogP) is 3.79. The number of alkyl halides is 3. The Kier molecular flexibility index (Phi) is 3.38. The molecule has 0 aliphatic rings. The van der Waals surface area contributed by atoms with Crippen LogP contribution in [0.4, 0.5) is 13.2 Å². The molecule has 0 fully saturated rings. The number of aromatic nitrogens is 2. The fourth-order valence-electron chi connectivity index (χ4n) is 2.05. The summed E-state index contributed by atoms with van der Waals surface area (Å²) in [4.78, 5) is 7.64. The topological polar surface area (TPSA) is 46.0 Å². The molecule has 0 bridgehead atoms. The molecule has 0 aliphatic carbocycles. The zero-order chi connectivity index (χ0) is 15.0. The van der Waals surface area contributed by atoms with E-state index in [2.05, 4.69) is 9.97 Å². The molecule has 7 heteroatoms. The fourth-order valence-corrected chi connectivity index (χ4v) is 2.84. The van der Waals surface area contributed by atoms with Gasteiger partial charge in [-0.05, 0) is 17.7 Å². The van der Waals surface area contributed by atoms with Crippen molar-refractivity contribution in [3.05, 3.63) is 58.2 Å². The number of benzene rings is 1. The Balaban J connectivity index is 2.05. The van der Waals surface area contributed by atoms with Gasteiger partial charge in [-0.3, -0.25) is 4.98 Å². The van der Waals surface area contributed by atoms with E-state index in [0.717, 1.165) is 6.20 Å². The van der Waals surface area contributed by atoms with Gasteiger partial charge < -0.3 is 5.11 Å². The number of pyridine rings is 1. The summed E-state index contributed by atoms with van der Waals surface area (Å²) in [7, 11) is 0. The Morgan fingerprint density at radius 2 is 1.86 bits per heavy atom. The lowest BCUT2D eigenvalue weighted by Gasteiger charge is -2.11. The predicted molar refractivity (Wildman–Crippen MR) is 72.9 cm³/mol. The van der Waals surface area contributed by atoms with Crippen molar-refractivity contribution in [3.8, 4) is 0 Å². The van der Waals surface area contributed by atoms with Crippen LogP contribution in [0.2, 0.25) is 0 Å². The highest BCUT2D eigenvalue weighted by atomic mass is 32.1. The molecule has 0 radical (unpaired) electrons. The van der Waals surface area contributed by atoms with Crippen LogP contribution >= 0.6 is 11.3 Å². The summed E-state index contributed by atoms with van der Waals surface area (Å²) in [6.07, 6.45) is -3.07. The highest BCUT2D eigenvalue weighted by molar-refractivity contribution is 7.11. The molecule has 3 nitrogen and oxygen atoms in total. The summed E-state index contributed by atoms with van der Waals surface area (Å²) in [5, 5.41) is 10.1. The van der Waals surface area contributed by atoms with Gasteiger partial charge in [0.1, 0.15) is 6.10 Å². The van der Waals surface area contributed by atoms with Crippen LogP contribution in [0.5, 0.6) is 0 Å². The van der Waals surface area contributed by atoms with Crippen LogP contribution in [-0.4, -0.2) is 15.1 Å². The largest absolute Gasteiger partial charge is 0.443 e. The molecule has 1 N–H and O–H groups in total. The van der Waals surface area contributed by atoms with E-state index < -0.39 is 17.3 Å². The van der Waals surface area contributed by atoms with Gasteiger partial charge in [0.05, 0.1) is 10.4 Å². The van der Waals surface area contributed by atoms with Crippen molar-refractivity contribution in [3.63, 3.8) is 0 Å². The third-order valence-corrected chi connectivity index (χ3v) is 4.11. The average molecular weight is 310 g/mol. The molecule has 0 amide bonds. The van der Waals surface area contributed by atoms with Gasteiger partial charge in [-0.25, -0.2) is 4.98 Å². The Labute approximate surface area is 121 Å². The molecule has 2 heterocycles. The molecule has 3 aromatic rings. The zero-order valence-electron chi connectivity index (χ0n) is 10.5. The van der Waals surface area contributed by atoms with Gasteiger partial charge in [-0.2, -0.15) is 13.2 Å².